The second-order valence-corrected chi connectivity index (χ2v) is 25.9. The molecule has 9 aliphatic rings. The molecule has 0 aromatic rings. The number of aldehydes is 1. The smallest absolute Gasteiger partial charge is 0.317 e. The highest BCUT2D eigenvalue weighted by molar-refractivity contribution is 5.81. The molecule has 0 radical (unpaired) electrons. The molecule has 1 spiro atoms. The van der Waals surface area contributed by atoms with Gasteiger partial charge in [-0.25, -0.2) is 0 Å². The lowest BCUT2D eigenvalue weighted by molar-refractivity contribution is -0.370. The summed E-state index contributed by atoms with van der Waals surface area (Å²) < 4.78 is 36.3. The Morgan fingerprint density at radius 1 is 0.718 bits per heavy atom. The topological polar surface area (TPSA) is 338 Å². The summed E-state index contributed by atoms with van der Waals surface area (Å²) in [5.74, 6) is -2.08. The van der Waals surface area contributed by atoms with Crippen LogP contribution in [-0.2, 0) is 47.6 Å². The highest BCUT2D eigenvalue weighted by Gasteiger charge is 2.81. The largest absolute Gasteiger partial charge is 0.481 e. The number of carboxylic acid groups (broad SMARTS) is 1. The van der Waals surface area contributed by atoms with Crippen LogP contribution in [0.3, 0.4) is 0 Å². The van der Waals surface area contributed by atoms with Crippen molar-refractivity contribution in [2.75, 3.05) is 13.2 Å². The molecule has 5 saturated carbocycles. The van der Waals surface area contributed by atoms with E-state index in [1.54, 1.807) is 0 Å². The molecular formula is C57H89NO20. The van der Waals surface area contributed by atoms with Gasteiger partial charge < -0.3 is 89.6 Å². The molecule has 0 aromatic heterocycles. The number of esters is 1. The Balaban J connectivity index is 0.944. The van der Waals surface area contributed by atoms with Crippen LogP contribution >= 0.6 is 0 Å². The third-order valence-electron chi connectivity index (χ3n) is 21.6. The number of hydrogen-bond donors (Lipinski definition) is 11. The molecule has 78 heavy (non-hydrogen) atoms. The van der Waals surface area contributed by atoms with Crippen molar-refractivity contribution in [2.24, 2.45) is 50.7 Å². The number of nitrogens with one attached hydrogen (secondary N) is 1. The highest BCUT2D eigenvalue weighted by atomic mass is 16.8. The molecule has 25 atom stereocenters. The summed E-state index contributed by atoms with van der Waals surface area (Å²) in [4.78, 5) is 52.6. The first-order valence-electron chi connectivity index (χ1n) is 29.2. The number of carbonyl (C=O) groups excluding carboxylic acids is 3. The number of amides is 1. The molecule has 11 N–H and O–H groups in total. The van der Waals surface area contributed by atoms with Gasteiger partial charge in [-0.3, -0.25) is 14.4 Å². The van der Waals surface area contributed by atoms with Crippen LogP contribution in [0.2, 0.25) is 0 Å². The van der Waals surface area contributed by atoms with E-state index in [0.717, 1.165) is 70.5 Å². The maximum atomic E-state index is 15.5. The van der Waals surface area contributed by atoms with Crippen LogP contribution in [0, 0.1) is 50.7 Å². The summed E-state index contributed by atoms with van der Waals surface area (Å²) in [6.45, 7) is 8.88. The van der Waals surface area contributed by atoms with Gasteiger partial charge in [-0.15, -0.1) is 0 Å². The Bertz CT molecular complexity index is 2220. The Hall–Kier alpha value is -2.74. The number of aliphatic carboxylic acids is 1. The van der Waals surface area contributed by atoms with Crippen LogP contribution in [0.1, 0.15) is 157 Å². The van der Waals surface area contributed by atoms with Crippen LogP contribution in [0.15, 0.2) is 11.1 Å². The van der Waals surface area contributed by atoms with Gasteiger partial charge in [-0.05, 0) is 107 Å². The van der Waals surface area contributed by atoms with E-state index in [9.17, 15) is 60.3 Å². The number of unbranched alkanes of at least 4 members (excludes halogenated alkanes) is 7. The van der Waals surface area contributed by atoms with Gasteiger partial charge in [0.25, 0.3) is 0 Å². The number of carbonyl (C=O) groups is 4. The predicted molar refractivity (Wildman–Crippen MR) is 273 cm³/mol. The number of aliphatic hydroxyl groups is 9. The summed E-state index contributed by atoms with van der Waals surface area (Å²) in [6, 6.07) is -1.35. The molecule has 8 fully saturated rings. The summed E-state index contributed by atoms with van der Waals surface area (Å²) in [7, 11) is 0. The van der Waals surface area contributed by atoms with E-state index in [4.69, 9.17) is 33.5 Å². The molecule has 14 unspecified atom stereocenters. The SMILES string of the molecule is C[C@@H]1CCC2(C(=O)O[C@@H]3O[C@H](CO)C(NC(=O)CCCCCCCCCCC(=O)O)C(O)C3O[C@@H]3O[C@H](C)C(O[C@@H]4OC[C@@H](O)C(O)C4O)C(O)C3O)C(C1)C1=C3CC4C5(C)CCC(O)C(C)(C=O)[C@@H]5CC[C@@]34[C@]1(C)C[C@H]2O. The van der Waals surface area contributed by atoms with Crippen LogP contribution in [-0.4, -0.2) is 187 Å². The summed E-state index contributed by atoms with van der Waals surface area (Å²) in [6.07, 6.45) is -10.0. The van der Waals surface area contributed by atoms with Crippen molar-refractivity contribution in [1.82, 2.24) is 5.32 Å². The van der Waals surface area contributed by atoms with Gasteiger partial charge >= 0.3 is 11.9 Å². The van der Waals surface area contributed by atoms with Crippen LogP contribution in [0.5, 0.6) is 0 Å². The summed E-state index contributed by atoms with van der Waals surface area (Å²) >= 11 is 0. The third kappa shape index (κ3) is 9.93. The monoisotopic (exact) mass is 1110 g/mol. The van der Waals surface area contributed by atoms with E-state index < -0.39 is 151 Å². The molecule has 3 saturated heterocycles. The molecule has 9 rings (SSSR count). The molecule has 0 bridgehead atoms. The van der Waals surface area contributed by atoms with Crippen molar-refractivity contribution in [3.63, 3.8) is 0 Å². The molecule has 6 aliphatic carbocycles. The van der Waals surface area contributed by atoms with Crippen molar-refractivity contribution >= 4 is 24.1 Å². The average Bonchev–Trinajstić information content (AvgIpc) is 0.843. The predicted octanol–water partition coefficient (Wildman–Crippen LogP) is 2.04. The lowest BCUT2D eigenvalue weighted by Crippen LogP contribution is -2.76. The van der Waals surface area contributed by atoms with Gasteiger partial charge in [-0.1, -0.05) is 77.4 Å². The Morgan fingerprint density at radius 3 is 2.04 bits per heavy atom. The van der Waals surface area contributed by atoms with Crippen molar-refractivity contribution in [1.29, 1.82) is 0 Å². The maximum Gasteiger partial charge on any atom is 0.317 e. The van der Waals surface area contributed by atoms with Gasteiger partial charge in [0.2, 0.25) is 12.2 Å². The van der Waals surface area contributed by atoms with Crippen molar-refractivity contribution in [3.8, 4) is 0 Å². The Labute approximate surface area is 456 Å². The minimum Gasteiger partial charge on any atom is -0.481 e. The number of aliphatic hydroxyl groups excluding tert-OH is 9. The molecule has 21 heteroatoms. The highest BCUT2D eigenvalue weighted by Crippen LogP contribution is 2.87. The van der Waals surface area contributed by atoms with Crippen LogP contribution in [0.25, 0.3) is 0 Å². The van der Waals surface area contributed by atoms with Crippen LogP contribution in [0.4, 0.5) is 0 Å². The fourth-order valence-electron chi connectivity index (χ4n) is 17.2. The number of hydrogen-bond acceptors (Lipinski definition) is 19. The molecule has 442 valence electrons. The van der Waals surface area contributed by atoms with Gasteiger partial charge in [0.1, 0.15) is 60.5 Å². The number of rotatable bonds is 20. The van der Waals surface area contributed by atoms with Gasteiger partial charge in [-0.2, -0.15) is 0 Å². The zero-order valence-corrected chi connectivity index (χ0v) is 46.0. The van der Waals surface area contributed by atoms with E-state index in [1.165, 1.54) is 18.1 Å². The number of allylic oxidation sites excluding steroid dienone is 2. The molecule has 21 nitrogen and oxygen atoms in total. The van der Waals surface area contributed by atoms with Crippen molar-refractivity contribution in [3.05, 3.63) is 11.1 Å². The second kappa shape index (κ2) is 23.1. The zero-order chi connectivity index (χ0) is 56.4. The summed E-state index contributed by atoms with van der Waals surface area (Å²) in [5, 5.41) is 113. The molecular weight excluding hydrogens is 1020 g/mol. The van der Waals surface area contributed by atoms with Crippen molar-refractivity contribution < 1.29 is 98.7 Å². The average molecular weight is 1110 g/mol. The van der Waals surface area contributed by atoms with Crippen molar-refractivity contribution in [2.45, 2.75) is 255 Å². The second-order valence-electron chi connectivity index (χ2n) is 25.9. The third-order valence-corrected chi connectivity index (χ3v) is 21.6. The first-order chi connectivity index (χ1) is 36.9. The van der Waals surface area contributed by atoms with Gasteiger partial charge in [0.05, 0.1) is 43.0 Å². The number of ether oxygens (including phenoxy) is 6. The fourth-order valence-corrected chi connectivity index (χ4v) is 17.2. The van der Waals surface area contributed by atoms with E-state index in [2.05, 4.69) is 26.1 Å². The quantitative estimate of drug-likeness (QED) is 0.0360. The van der Waals surface area contributed by atoms with Crippen LogP contribution < -0.4 is 5.32 Å². The van der Waals surface area contributed by atoms with E-state index in [1.807, 2.05) is 6.92 Å². The van der Waals surface area contributed by atoms with E-state index >= 15 is 4.79 Å². The van der Waals surface area contributed by atoms with Gasteiger partial charge in [0.15, 0.2) is 18.7 Å². The first-order valence-corrected chi connectivity index (χ1v) is 29.2. The lowest BCUT2D eigenvalue weighted by Gasteiger charge is -2.81. The summed E-state index contributed by atoms with van der Waals surface area (Å²) in [5.41, 5.74) is -0.733. The lowest BCUT2D eigenvalue weighted by atomic mass is 9.22. The Morgan fingerprint density at radius 2 is 1.37 bits per heavy atom. The van der Waals surface area contributed by atoms with E-state index in [-0.39, 0.29) is 54.3 Å². The standard InChI is InChI=1S/C57H89NO20/c1-28-16-20-56(30(22-28)40-31-23-35-53(3)19-18-36(62)54(4,27-60)34(53)17-21-57(31,35)55(40,5)24-37(56)63)52(72)78-51-48(77-50-46(71)44(69)47(29(2)74-50)76-49-45(70)42(67)32(61)26-73-49)43(68)41(33(25-59)75-51)58-38(64)14-12-10-8-6-7-9-11-13-15-39(65)66/h27-30,32-37,41-51,59,61-63,67-71H,6-26H2,1-5H3,(H,58,64)(H,65,66)/t28-,29-,30?,32-,33-,34-,35?,36?,37-,41?,42?,43?,44?,45?,46?,47?,48?,49+,50+,51+,53?,54?,55-,56?,57-/m1/s1. The number of carboxylic acids is 1. The first kappa shape index (κ1) is 59.9. The fraction of sp³-hybridized carbons (Fsp3) is 0.895. The van der Waals surface area contributed by atoms with E-state index in [0.29, 0.717) is 32.1 Å². The number of fused-ring (bicyclic) bond motifs is 5. The minimum atomic E-state index is -1.94. The Kier molecular flexibility index (Phi) is 17.8. The molecule has 0 aromatic carbocycles. The van der Waals surface area contributed by atoms with Gasteiger partial charge in [0, 0.05) is 23.7 Å². The zero-order valence-electron chi connectivity index (χ0n) is 46.0. The minimum absolute atomic E-state index is 0.00150. The maximum absolute atomic E-state index is 15.5. The molecule has 1 amide bonds. The molecule has 3 aliphatic heterocycles. The normalized spacial score (nSPS) is 48.6. The molecule has 3 heterocycles.